The summed E-state index contributed by atoms with van der Waals surface area (Å²) in [7, 11) is 0. The first-order chi connectivity index (χ1) is 10.2. The maximum absolute atomic E-state index is 4.89. The van der Waals surface area contributed by atoms with E-state index in [2.05, 4.69) is 46.9 Å². The number of hydrogen-bond acceptors (Lipinski definition) is 4. The van der Waals surface area contributed by atoms with Crippen LogP contribution in [-0.2, 0) is 0 Å². The van der Waals surface area contributed by atoms with Crippen molar-refractivity contribution in [2.45, 2.75) is 58.8 Å². The molecule has 1 aliphatic carbocycles. The maximum Gasteiger partial charge on any atom is 0.227 e. The molecule has 1 aromatic rings. The van der Waals surface area contributed by atoms with E-state index in [1.54, 1.807) is 0 Å². The highest BCUT2D eigenvalue weighted by Crippen LogP contribution is 2.39. The van der Waals surface area contributed by atoms with Crippen LogP contribution >= 0.6 is 15.9 Å². The van der Waals surface area contributed by atoms with E-state index in [1.165, 1.54) is 31.4 Å². The Balaban J connectivity index is 2.38. The fourth-order valence-corrected chi connectivity index (χ4v) is 3.57. The van der Waals surface area contributed by atoms with Gasteiger partial charge >= 0.3 is 0 Å². The molecule has 1 fully saturated rings. The van der Waals surface area contributed by atoms with E-state index >= 15 is 0 Å². The summed E-state index contributed by atoms with van der Waals surface area (Å²) < 4.78 is 1.07. The smallest absolute Gasteiger partial charge is 0.227 e. The van der Waals surface area contributed by atoms with E-state index in [0.29, 0.717) is 5.92 Å². The highest BCUT2D eigenvalue weighted by molar-refractivity contribution is 9.10. The highest BCUT2D eigenvalue weighted by Gasteiger charge is 2.24. The molecule has 118 valence electrons. The number of halogens is 1. The Morgan fingerprint density at radius 2 is 1.81 bits per heavy atom. The summed E-state index contributed by atoms with van der Waals surface area (Å²) in [6.45, 7) is 9.31. The Bertz CT molecular complexity index is 454. The van der Waals surface area contributed by atoms with Gasteiger partial charge in [-0.2, -0.15) is 4.98 Å². The summed E-state index contributed by atoms with van der Waals surface area (Å²) in [6.07, 6.45) is 6.23. The Hall–Kier alpha value is -0.840. The molecule has 1 saturated carbocycles. The van der Waals surface area contributed by atoms with Crippen molar-refractivity contribution in [1.82, 2.24) is 9.97 Å². The van der Waals surface area contributed by atoms with Crippen LogP contribution in [0.1, 0.15) is 64.5 Å². The first-order valence-corrected chi connectivity index (χ1v) is 9.06. The van der Waals surface area contributed by atoms with Gasteiger partial charge in [-0.1, -0.05) is 19.8 Å². The maximum atomic E-state index is 4.89. The SMILES string of the molecule is CCCNc1nc(N(CC)CC)nc(C2CCCC2)c1Br. The molecule has 0 radical (unpaired) electrons. The Morgan fingerprint density at radius 1 is 1.14 bits per heavy atom. The van der Waals surface area contributed by atoms with Gasteiger partial charge in [-0.3, -0.25) is 0 Å². The normalized spacial score (nSPS) is 15.4. The summed E-state index contributed by atoms with van der Waals surface area (Å²) in [5.41, 5.74) is 1.20. The van der Waals surface area contributed by atoms with Crippen molar-refractivity contribution in [2.75, 3.05) is 29.9 Å². The van der Waals surface area contributed by atoms with Crippen LogP contribution in [0, 0.1) is 0 Å². The fraction of sp³-hybridized carbons (Fsp3) is 0.750. The zero-order valence-corrected chi connectivity index (χ0v) is 15.0. The Morgan fingerprint density at radius 3 is 2.38 bits per heavy atom. The summed E-state index contributed by atoms with van der Waals surface area (Å²) in [6, 6.07) is 0. The van der Waals surface area contributed by atoms with Gasteiger partial charge in [0.15, 0.2) is 0 Å². The van der Waals surface area contributed by atoms with Crippen LogP contribution in [0.4, 0.5) is 11.8 Å². The molecule has 1 heterocycles. The van der Waals surface area contributed by atoms with Crippen molar-refractivity contribution >= 4 is 27.7 Å². The van der Waals surface area contributed by atoms with Crippen molar-refractivity contribution in [2.24, 2.45) is 0 Å². The molecule has 0 bridgehead atoms. The van der Waals surface area contributed by atoms with Crippen molar-refractivity contribution in [3.63, 3.8) is 0 Å². The molecular weight excluding hydrogens is 328 g/mol. The van der Waals surface area contributed by atoms with E-state index in [9.17, 15) is 0 Å². The van der Waals surface area contributed by atoms with E-state index in [1.807, 2.05) is 0 Å². The predicted octanol–water partition coefficient (Wildman–Crippen LogP) is 4.56. The standard InChI is InChI=1S/C16H27BrN4/c1-4-11-18-15-13(17)14(12-9-7-8-10-12)19-16(20-15)21(5-2)6-3/h12H,4-11H2,1-3H3,(H,18,19,20). The van der Waals surface area contributed by atoms with Gasteiger partial charge in [-0.05, 0) is 49.0 Å². The molecule has 0 amide bonds. The third-order valence-electron chi connectivity index (χ3n) is 4.20. The fourth-order valence-electron chi connectivity index (χ4n) is 2.93. The number of nitrogens with zero attached hydrogens (tertiary/aromatic N) is 3. The molecule has 0 aliphatic heterocycles. The molecular formula is C16H27BrN4. The molecule has 4 nitrogen and oxygen atoms in total. The van der Waals surface area contributed by atoms with Gasteiger partial charge < -0.3 is 10.2 Å². The summed E-state index contributed by atoms with van der Waals surface area (Å²) in [4.78, 5) is 11.9. The van der Waals surface area contributed by atoms with Gasteiger partial charge in [-0.15, -0.1) is 0 Å². The van der Waals surface area contributed by atoms with E-state index < -0.39 is 0 Å². The molecule has 21 heavy (non-hydrogen) atoms. The lowest BCUT2D eigenvalue weighted by Crippen LogP contribution is -2.25. The first-order valence-electron chi connectivity index (χ1n) is 8.27. The minimum Gasteiger partial charge on any atom is -0.369 e. The monoisotopic (exact) mass is 354 g/mol. The largest absolute Gasteiger partial charge is 0.369 e. The molecule has 0 spiro atoms. The lowest BCUT2D eigenvalue weighted by atomic mass is 10.0. The van der Waals surface area contributed by atoms with E-state index in [4.69, 9.17) is 9.97 Å². The van der Waals surface area contributed by atoms with Crippen molar-refractivity contribution in [3.05, 3.63) is 10.2 Å². The van der Waals surface area contributed by atoms with Gasteiger partial charge in [-0.25, -0.2) is 4.98 Å². The predicted molar refractivity (Wildman–Crippen MR) is 93.3 cm³/mol. The van der Waals surface area contributed by atoms with Crippen molar-refractivity contribution in [1.29, 1.82) is 0 Å². The summed E-state index contributed by atoms with van der Waals surface area (Å²) >= 11 is 3.74. The van der Waals surface area contributed by atoms with Crippen LogP contribution in [0.3, 0.4) is 0 Å². The average molecular weight is 355 g/mol. The number of hydrogen-bond donors (Lipinski definition) is 1. The van der Waals surface area contributed by atoms with Crippen LogP contribution in [0.15, 0.2) is 4.47 Å². The topological polar surface area (TPSA) is 41.1 Å². The summed E-state index contributed by atoms with van der Waals surface area (Å²) in [5.74, 6) is 2.40. The summed E-state index contributed by atoms with van der Waals surface area (Å²) in [5, 5.41) is 3.45. The molecule has 2 rings (SSSR count). The van der Waals surface area contributed by atoms with Crippen LogP contribution in [-0.4, -0.2) is 29.6 Å². The molecule has 1 N–H and O–H groups in total. The minimum absolute atomic E-state index is 0.582. The van der Waals surface area contributed by atoms with Crippen LogP contribution in [0.5, 0.6) is 0 Å². The lowest BCUT2D eigenvalue weighted by molar-refractivity contribution is 0.683. The Kier molecular flexibility index (Phi) is 6.27. The van der Waals surface area contributed by atoms with E-state index in [-0.39, 0.29) is 0 Å². The number of aromatic nitrogens is 2. The van der Waals surface area contributed by atoms with Crippen LogP contribution in [0.2, 0.25) is 0 Å². The third-order valence-corrected chi connectivity index (χ3v) is 4.98. The highest BCUT2D eigenvalue weighted by atomic mass is 79.9. The second-order valence-electron chi connectivity index (χ2n) is 5.65. The third kappa shape index (κ3) is 3.87. The molecule has 1 aliphatic rings. The molecule has 5 heteroatoms. The van der Waals surface area contributed by atoms with Crippen molar-refractivity contribution in [3.8, 4) is 0 Å². The van der Waals surface area contributed by atoms with Gasteiger partial charge in [0.25, 0.3) is 0 Å². The first kappa shape index (κ1) is 16.5. The van der Waals surface area contributed by atoms with E-state index in [0.717, 1.165) is 42.3 Å². The molecule has 0 saturated heterocycles. The quantitative estimate of drug-likeness (QED) is 0.778. The molecule has 0 unspecified atom stereocenters. The van der Waals surface area contributed by atoms with Gasteiger partial charge in [0.05, 0.1) is 10.2 Å². The lowest BCUT2D eigenvalue weighted by Gasteiger charge is -2.23. The van der Waals surface area contributed by atoms with Gasteiger partial charge in [0.1, 0.15) is 5.82 Å². The number of nitrogens with one attached hydrogen (secondary N) is 1. The second-order valence-corrected chi connectivity index (χ2v) is 6.44. The molecule has 1 aromatic heterocycles. The van der Waals surface area contributed by atoms with Gasteiger partial charge in [0.2, 0.25) is 5.95 Å². The Labute approximate surface area is 136 Å². The second kappa shape index (κ2) is 7.97. The zero-order chi connectivity index (χ0) is 15.2. The average Bonchev–Trinajstić information content (AvgIpc) is 3.02. The molecule has 0 atom stereocenters. The number of anilines is 2. The van der Waals surface area contributed by atoms with Crippen LogP contribution in [0.25, 0.3) is 0 Å². The van der Waals surface area contributed by atoms with Crippen LogP contribution < -0.4 is 10.2 Å². The van der Waals surface area contributed by atoms with Gasteiger partial charge in [0, 0.05) is 25.6 Å². The molecule has 0 aromatic carbocycles. The van der Waals surface area contributed by atoms with Crippen molar-refractivity contribution < 1.29 is 0 Å². The zero-order valence-electron chi connectivity index (χ0n) is 13.5. The number of rotatable bonds is 7. The minimum atomic E-state index is 0.582.